The summed E-state index contributed by atoms with van der Waals surface area (Å²) in [5, 5.41) is 15.2. The first-order chi connectivity index (χ1) is 13.5. The average molecular weight is 489 g/mol. The molecule has 2 aromatic carbocycles. The fourth-order valence-corrected chi connectivity index (χ4v) is 3.01. The van der Waals surface area contributed by atoms with E-state index in [2.05, 4.69) is 39.0 Å². The second kappa shape index (κ2) is 8.53. The fourth-order valence-electron chi connectivity index (χ4n) is 2.31. The summed E-state index contributed by atoms with van der Waals surface area (Å²) in [7, 11) is 0. The molecule has 0 atom stereocenters. The van der Waals surface area contributed by atoms with Gasteiger partial charge >= 0.3 is 5.91 Å². The van der Waals surface area contributed by atoms with Crippen molar-refractivity contribution in [2.45, 2.75) is 0 Å². The molecule has 0 radical (unpaired) electrons. The highest BCUT2D eigenvalue weighted by atomic mass is 127. The molecule has 1 aromatic heterocycles. The SMILES string of the molecule is C#CCOc1ccc(/C=N/NC(=O)c2cc3cc([N+](=O)[O-])ccc3o2)cc1I. The van der Waals surface area contributed by atoms with E-state index in [0.29, 0.717) is 16.7 Å². The van der Waals surface area contributed by atoms with Crippen LogP contribution in [0.3, 0.4) is 0 Å². The number of nitrogens with zero attached hydrogens (tertiary/aromatic N) is 2. The van der Waals surface area contributed by atoms with E-state index in [9.17, 15) is 14.9 Å². The number of furan rings is 1. The number of hydrazone groups is 1. The Morgan fingerprint density at radius 1 is 1.36 bits per heavy atom. The number of nitrogens with one attached hydrogen (secondary N) is 1. The van der Waals surface area contributed by atoms with Crippen LogP contribution in [-0.4, -0.2) is 23.7 Å². The van der Waals surface area contributed by atoms with Gasteiger partial charge < -0.3 is 9.15 Å². The number of benzene rings is 2. The number of hydrogen-bond acceptors (Lipinski definition) is 6. The van der Waals surface area contributed by atoms with Crippen LogP contribution < -0.4 is 10.2 Å². The highest BCUT2D eigenvalue weighted by Crippen LogP contribution is 2.24. The maximum Gasteiger partial charge on any atom is 0.307 e. The van der Waals surface area contributed by atoms with Crippen LogP contribution in [0.15, 0.2) is 52.0 Å². The number of nitro benzene ring substituents is 1. The molecule has 0 fully saturated rings. The van der Waals surface area contributed by atoms with Gasteiger partial charge in [0.2, 0.25) is 0 Å². The second-order valence-electron chi connectivity index (χ2n) is 5.47. The van der Waals surface area contributed by atoms with Gasteiger partial charge in [-0.3, -0.25) is 14.9 Å². The van der Waals surface area contributed by atoms with Crippen LogP contribution >= 0.6 is 22.6 Å². The first kappa shape index (κ1) is 19.4. The second-order valence-corrected chi connectivity index (χ2v) is 6.63. The number of amides is 1. The van der Waals surface area contributed by atoms with Gasteiger partial charge in [-0.15, -0.1) is 6.42 Å². The minimum absolute atomic E-state index is 0.000242. The Morgan fingerprint density at radius 3 is 2.89 bits per heavy atom. The Balaban J connectivity index is 1.68. The van der Waals surface area contributed by atoms with Gasteiger partial charge in [0.1, 0.15) is 17.9 Å². The molecule has 0 saturated carbocycles. The van der Waals surface area contributed by atoms with Gasteiger partial charge in [0, 0.05) is 17.5 Å². The summed E-state index contributed by atoms with van der Waals surface area (Å²) in [5.74, 6) is 2.49. The molecule has 3 aromatic rings. The predicted octanol–water partition coefficient (Wildman–Crippen LogP) is 3.72. The maximum atomic E-state index is 12.2. The zero-order valence-electron chi connectivity index (χ0n) is 14.2. The van der Waals surface area contributed by atoms with E-state index in [0.717, 1.165) is 9.13 Å². The van der Waals surface area contributed by atoms with E-state index in [-0.39, 0.29) is 18.1 Å². The third kappa shape index (κ3) is 4.47. The highest BCUT2D eigenvalue weighted by Gasteiger charge is 2.14. The number of hydrogen-bond donors (Lipinski definition) is 1. The Hall–Kier alpha value is -3.39. The lowest BCUT2D eigenvalue weighted by atomic mass is 10.2. The molecule has 0 bridgehead atoms. The monoisotopic (exact) mass is 489 g/mol. The van der Waals surface area contributed by atoms with Crippen molar-refractivity contribution >= 4 is 51.4 Å². The number of carbonyl (C=O) groups is 1. The summed E-state index contributed by atoms with van der Waals surface area (Å²) in [6, 6.07) is 10.9. The van der Waals surface area contributed by atoms with Gasteiger partial charge in [-0.05, 0) is 58.5 Å². The minimum Gasteiger partial charge on any atom is -0.480 e. The Kier molecular flexibility index (Phi) is 5.90. The number of nitro groups is 1. The van der Waals surface area contributed by atoms with Gasteiger partial charge in [0.25, 0.3) is 5.69 Å². The van der Waals surface area contributed by atoms with Crippen molar-refractivity contribution in [3.8, 4) is 18.1 Å². The molecule has 1 N–H and O–H groups in total. The number of fused-ring (bicyclic) bond motifs is 1. The van der Waals surface area contributed by atoms with Crippen LogP contribution in [0.5, 0.6) is 5.75 Å². The van der Waals surface area contributed by atoms with Crippen LogP contribution in [-0.2, 0) is 0 Å². The summed E-state index contributed by atoms with van der Waals surface area (Å²) in [4.78, 5) is 22.5. The molecule has 9 heteroatoms. The molecular formula is C19H12IN3O5. The molecule has 8 nitrogen and oxygen atoms in total. The van der Waals surface area contributed by atoms with E-state index < -0.39 is 10.8 Å². The van der Waals surface area contributed by atoms with E-state index in [1.807, 2.05) is 6.07 Å². The largest absolute Gasteiger partial charge is 0.480 e. The standard InChI is InChI=1S/C19H12IN3O5/c1-2-7-27-17-5-3-12(8-15(17)20)11-21-22-19(24)18-10-13-9-14(23(25)26)4-6-16(13)28-18/h1,3-6,8-11H,7H2,(H,22,24)/b21-11+. The van der Waals surface area contributed by atoms with E-state index in [4.69, 9.17) is 15.6 Å². The number of rotatable bonds is 6. The summed E-state index contributed by atoms with van der Waals surface area (Å²) < 4.78 is 11.6. The van der Waals surface area contributed by atoms with Crippen molar-refractivity contribution in [1.29, 1.82) is 0 Å². The predicted molar refractivity (Wildman–Crippen MR) is 111 cm³/mol. The molecular weight excluding hydrogens is 477 g/mol. The first-order valence-corrected chi connectivity index (χ1v) is 8.93. The highest BCUT2D eigenvalue weighted by molar-refractivity contribution is 14.1. The smallest absolute Gasteiger partial charge is 0.307 e. The van der Waals surface area contributed by atoms with Crippen LogP contribution in [0, 0.1) is 26.0 Å². The Bertz CT molecular complexity index is 1130. The maximum absolute atomic E-state index is 12.2. The van der Waals surface area contributed by atoms with Gasteiger partial charge in [-0.25, -0.2) is 5.43 Å². The molecule has 1 amide bonds. The van der Waals surface area contributed by atoms with Gasteiger partial charge in [-0.1, -0.05) is 5.92 Å². The molecule has 0 unspecified atom stereocenters. The Labute approximate surface area is 172 Å². The lowest BCUT2D eigenvalue weighted by molar-refractivity contribution is -0.384. The molecule has 140 valence electrons. The molecule has 0 aliphatic rings. The number of terminal acetylenes is 1. The lowest BCUT2D eigenvalue weighted by Crippen LogP contribution is -2.16. The van der Waals surface area contributed by atoms with Gasteiger partial charge in [0.15, 0.2) is 5.76 Å². The average Bonchev–Trinajstić information content (AvgIpc) is 3.10. The topological polar surface area (TPSA) is 107 Å². The molecule has 28 heavy (non-hydrogen) atoms. The molecule has 0 aliphatic carbocycles. The zero-order chi connectivity index (χ0) is 20.1. The molecule has 3 rings (SSSR count). The quantitative estimate of drug-likeness (QED) is 0.187. The Morgan fingerprint density at radius 2 is 2.18 bits per heavy atom. The summed E-state index contributed by atoms with van der Waals surface area (Å²) >= 11 is 2.11. The summed E-state index contributed by atoms with van der Waals surface area (Å²) in [6.07, 6.45) is 6.64. The van der Waals surface area contributed by atoms with Crippen molar-refractivity contribution in [1.82, 2.24) is 5.43 Å². The van der Waals surface area contributed by atoms with Crippen molar-refractivity contribution in [2.24, 2.45) is 5.10 Å². The van der Waals surface area contributed by atoms with Gasteiger partial charge in [-0.2, -0.15) is 5.10 Å². The van der Waals surface area contributed by atoms with Crippen molar-refractivity contribution in [3.05, 3.63) is 67.5 Å². The summed E-state index contributed by atoms with van der Waals surface area (Å²) in [6.45, 7) is 0.181. The van der Waals surface area contributed by atoms with Gasteiger partial charge in [0.05, 0.1) is 14.7 Å². The number of carbonyl (C=O) groups excluding carboxylic acids is 1. The molecule has 0 saturated heterocycles. The third-order valence-electron chi connectivity index (χ3n) is 3.58. The van der Waals surface area contributed by atoms with Crippen LogP contribution in [0.4, 0.5) is 5.69 Å². The van der Waals surface area contributed by atoms with E-state index >= 15 is 0 Å². The number of non-ortho nitro benzene ring substituents is 1. The van der Waals surface area contributed by atoms with Crippen LogP contribution in [0.2, 0.25) is 0 Å². The zero-order valence-corrected chi connectivity index (χ0v) is 16.4. The normalized spacial score (nSPS) is 10.7. The minimum atomic E-state index is -0.571. The van der Waals surface area contributed by atoms with E-state index in [1.54, 1.807) is 12.1 Å². The fraction of sp³-hybridized carbons (Fsp3) is 0.0526. The van der Waals surface area contributed by atoms with Crippen molar-refractivity contribution in [3.63, 3.8) is 0 Å². The number of halogens is 1. The van der Waals surface area contributed by atoms with Crippen molar-refractivity contribution < 1.29 is 18.9 Å². The third-order valence-corrected chi connectivity index (χ3v) is 4.42. The van der Waals surface area contributed by atoms with Crippen LogP contribution in [0.1, 0.15) is 16.1 Å². The molecule has 0 spiro atoms. The summed E-state index contributed by atoms with van der Waals surface area (Å²) in [5.41, 5.74) is 3.40. The van der Waals surface area contributed by atoms with E-state index in [1.165, 1.54) is 30.5 Å². The van der Waals surface area contributed by atoms with Crippen molar-refractivity contribution in [2.75, 3.05) is 6.61 Å². The first-order valence-electron chi connectivity index (χ1n) is 7.85. The lowest BCUT2D eigenvalue weighted by Gasteiger charge is -2.05. The number of ether oxygens (including phenoxy) is 1. The molecule has 0 aliphatic heterocycles. The van der Waals surface area contributed by atoms with Crippen LogP contribution in [0.25, 0.3) is 11.0 Å². The molecule has 1 heterocycles.